The van der Waals surface area contributed by atoms with Gasteiger partial charge in [-0.05, 0) is 46.0 Å². The van der Waals surface area contributed by atoms with Gasteiger partial charge in [-0.25, -0.2) is 0 Å². The van der Waals surface area contributed by atoms with Crippen LogP contribution < -0.4 is 10.6 Å². The summed E-state index contributed by atoms with van der Waals surface area (Å²) in [4.78, 5) is 9.17. The zero-order valence-corrected chi connectivity index (χ0v) is 11.6. The van der Waals surface area contributed by atoms with Crippen LogP contribution in [0.4, 0.5) is 5.69 Å². The monoisotopic (exact) mass is 248 g/mol. The molecular formula is C14H24N4. The van der Waals surface area contributed by atoms with Crippen LogP contribution in [0.25, 0.3) is 0 Å². The van der Waals surface area contributed by atoms with Gasteiger partial charge in [0, 0.05) is 25.2 Å². The molecule has 0 bridgehead atoms. The highest BCUT2D eigenvalue weighted by molar-refractivity contribution is 5.45. The molecule has 1 aliphatic rings. The molecule has 1 aliphatic heterocycles. The fourth-order valence-corrected chi connectivity index (χ4v) is 2.49. The van der Waals surface area contributed by atoms with Gasteiger partial charge in [0.05, 0.1) is 17.6 Å². The Morgan fingerprint density at radius 2 is 2.00 bits per heavy atom. The molecule has 18 heavy (non-hydrogen) atoms. The van der Waals surface area contributed by atoms with Crippen LogP contribution in [0.2, 0.25) is 0 Å². The maximum absolute atomic E-state index is 5.81. The predicted octanol–water partition coefficient (Wildman–Crippen LogP) is 1.63. The normalized spacial score (nSPS) is 19.3. The molecule has 4 nitrogen and oxygen atoms in total. The highest BCUT2D eigenvalue weighted by Gasteiger charge is 2.20. The topological polar surface area (TPSA) is 45.4 Å². The van der Waals surface area contributed by atoms with Gasteiger partial charge < -0.3 is 15.5 Å². The number of pyridine rings is 1. The van der Waals surface area contributed by atoms with Crippen LogP contribution in [0.1, 0.15) is 31.5 Å². The van der Waals surface area contributed by atoms with Gasteiger partial charge in [-0.3, -0.25) is 4.98 Å². The lowest BCUT2D eigenvalue weighted by atomic mass is 10.0. The van der Waals surface area contributed by atoms with Gasteiger partial charge in [0.15, 0.2) is 0 Å². The molecule has 4 heteroatoms. The van der Waals surface area contributed by atoms with Crippen molar-refractivity contribution in [3.8, 4) is 0 Å². The minimum absolute atomic E-state index is 0.0125. The Morgan fingerprint density at radius 3 is 2.44 bits per heavy atom. The average Bonchev–Trinajstić information content (AvgIpc) is 2.39. The molecule has 2 rings (SSSR count). The molecule has 0 saturated carbocycles. The number of anilines is 1. The zero-order valence-electron chi connectivity index (χ0n) is 11.6. The van der Waals surface area contributed by atoms with Crippen LogP contribution in [0.15, 0.2) is 18.3 Å². The van der Waals surface area contributed by atoms with Crippen molar-refractivity contribution >= 4 is 5.69 Å². The summed E-state index contributed by atoms with van der Waals surface area (Å²) < 4.78 is 0. The predicted molar refractivity (Wildman–Crippen MR) is 75.8 cm³/mol. The molecule has 1 saturated heterocycles. The van der Waals surface area contributed by atoms with E-state index in [1.54, 1.807) is 0 Å². The first kappa shape index (κ1) is 13.3. The van der Waals surface area contributed by atoms with Gasteiger partial charge >= 0.3 is 0 Å². The molecule has 0 aliphatic carbocycles. The SMILES string of the molecule is C[C@@H](N)c1ccc(N2CCC(N(C)C)CC2)cn1. The first-order valence-corrected chi connectivity index (χ1v) is 6.71. The summed E-state index contributed by atoms with van der Waals surface area (Å²) in [7, 11) is 4.33. The Hall–Kier alpha value is -1.13. The summed E-state index contributed by atoms with van der Waals surface area (Å²) in [6, 6.07) is 4.91. The lowest BCUT2D eigenvalue weighted by Gasteiger charge is -2.36. The summed E-state index contributed by atoms with van der Waals surface area (Å²) in [6.07, 6.45) is 4.40. The lowest BCUT2D eigenvalue weighted by Crippen LogP contribution is -2.42. The smallest absolute Gasteiger partial charge is 0.0569 e. The second kappa shape index (κ2) is 5.67. The third kappa shape index (κ3) is 3.00. The van der Waals surface area contributed by atoms with Crippen molar-refractivity contribution < 1.29 is 0 Å². The Balaban J connectivity index is 1.97. The molecule has 0 aromatic carbocycles. The summed E-state index contributed by atoms with van der Waals surface area (Å²) in [5, 5.41) is 0. The number of piperidine rings is 1. The molecule has 1 aromatic rings. The number of rotatable bonds is 3. The fraction of sp³-hybridized carbons (Fsp3) is 0.643. The average molecular weight is 248 g/mol. The van der Waals surface area contributed by atoms with Crippen LogP contribution in [-0.2, 0) is 0 Å². The van der Waals surface area contributed by atoms with Crippen LogP contribution in [0, 0.1) is 0 Å². The molecule has 100 valence electrons. The molecule has 1 aromatic heterocycles. The van der Waals surface area contributed by atoms with Crippen molar-refractivity contribution in [3.05, 3.63) is 24.0 Å². The van der Waals surface area contributed by atoms with Gasteiger partial charge in [-0.2, -0.15) is 0 Å². The van der Waals surface area contributed by atoms with Gasteiger partial charge in [0.2, 0.25) is 0 Å². The van der Waals surface area contributed by atoms with E-state index in [1.165, 1.54) is 18.5 Å². The Kier molecular flexibility index (Phi) is 4.19. The van der Waals surface area contributed by atoms with Crippen molar-refractivity contribution in [2.45, 2.75) is 31.8 Å². The quantitative estimate of drug-likeness (QED) is 0.883. The number of nitrogens with two attached hydrogens (primary N) is 1. The Morgan fingerprint density at radius 1 is 1.33 bits per heavy atom. The third-order valence-corrected chi connectivity index (χ3v) is 3.80. The highest BCUT2D eigenvalue weighted by Crippen LogP contribution is 2.21. The molecular weight excluding hydrogens is 224 g/mol. The lowest BCUT2D eigenvalue weighted by molar-refractivity contribution is 0.249. The van der Waals surface area contributed by atoms with Crippen molar-refractivity contribution in [3.63, 3.8) is 0 Å². The van der Waals surface area contributed by atoms with Crippen molar-refractivity contribution in [1.29, 1.82) is 0 Å². The summed E-state index contributed by atoms with van der Waals surface area (Å²) >= 11 is 0. The molecule has 0 spiro atoms. The molecule has 0 amide bonds. The van der Waals surface area contributed by atoms with E-state index in [9.17, 15) is 0 Å². The maximum Gasteiger partial charge on any atom is 0.0569 e. The minimum Gasteiger partial charge on any atom is -0.370 e. The second-order valence-electron chi connectivity index (χ2n) is 5.41. The summed E-state index contributed by atoms with van der Waals surface area (Å²) in [5.74, 6) is 0. The van der Waals surface area contributed by atoms with Crippen LogP contribution >= 0.6 is 0 Å². The molecule has 2 heterocycles. The Labute approximate surface area is 110 Å². The fourth-order valence-electron chi connectivity index (χ4n) is 2.49. The zero-order chi connectivity index (χ0) is 13.1. The number of hydrogen-bond acceptors (Lipinski definition) is 4. The first-order chi connectivity index (χ1) is 8.58. The van der Waals surface area contributed by atoms with Crippen LogP contribution in [0.5, 0.6) is 0 Å². The van der Waals surface area contributed by atoms with Gasteiger partial charge in [0.25, 0.3) is 0 Å². The van der Waals surface area contributed by atoms with Crippen LogP contribution in [-0.4, -0.2) is 43.1 Å². The van der Waals surface area contributed by atoms with Crippen molar-refractivity contribution in [1.82, 2.24) is 9.88 Å². The highest BCUT2D eigenvalue weighted by atomic mass is 15.2. The van der Waals surface area contributed by atoms with Crippen molar-refractivity contribution in [2.24, 2.45) is 5.73 Å². The minimum atomic E-state index is 0.0125. The Bertz CT molecular complexity index is 364. The van der Waals surface area contributed by atoms with E-state index in [2.05, 4.69) is 34.9 Å². The van der Waals surface area contributed by atoms with Gasteiger partial charge in [-0.1, -0.05) is 0 Å². The molecule has 2 N–H and O–H groups in total. The van der Waals surface area contributed by atoms with Gasteiger partial charge in [-0.15, -0.1) is 0 Å². The van der Waals surface area contributed by atoms with E-state index >= 15 is 0 Å². The van der Waals surface area contributed by atoms with E-state index in [1.807, 2.05) is 19.2 Å². The summed E-state index contributed by atoms with van der Waals surface area (Å²) in [5.41, 5.74) is 7.99. The largest absolute Gasteiger partial charge is 0.370 e. The van der Waals surface area contributed by atoms with E-state index in [-0.39, 0.29) is 6.04 Å². The molecule has 1 fully saturated rings. The standard InChI is InChI=1S/C14H24N4/c1-11(15)14-5-4-13(10-16-14)18-8-6-12(7-9-18)17(2)3/h4-5,10-12H,6-9,15H2,1-3H3/t11-/m1/s1. The number of hydrogen-bond donors (Lipinski definition) is 1. The second-order valence-corrected chi connectivity index (χ2v) is 5.41. The van der Waals surface area contributed by atoms with E-state index < -0.39 is 0 Å². The van der Waals surface area contributed by atoms with Crippen molar-refractivity contribution in [2.75, 3.05) is 32.1 Å². The van der Waals surface area contributed by atoms with E-state index in [0.29, 0.717) is 0 Å². The van der Waals surface area contributed by atoms with Gasteiger partial charge in [0.1, 0.15) is 0 Å². The summed E-state index contributed by atoms with van der Waals surface area (Å²) in [6.45, 7) is 4.19. The van der Waals surface area contributed by atoms with E-state index in [0.717, 1.165) is 24.8 Å². The first-order valence-electron chi connectivity index (χ1n) is 6.71. The van der Waals surface area contributed by atoms with Crippen LogP contribution in [0.3, 0.4) is 0 Å². The number of nitrogens with zero attached hydrogens (tertiary/aromatic N) is 3. The third-order valence-electron chi connectivity index (χ3n) is 3.80. The molecule has 0 unspecified atom stereocenters. The molecule has 0 radical (unpaired) electrons. The number of aromatic nitrogens is 1. The van der Waals surface area contributed by atoms with E-state index in [4.69, 9.17) is 5.73 Å². The maximum atomic E-state index is 5.81. The molecule has 1 atom stereocenters.